The maximum Gasteiger partial charge on any atom is 0.228 e. The van der Waals surface area contributed by atoms with Gasteiger partial charge in [-0.1, -0.05) is 23.4 Å². The molecule has 1 saturated heterocycles. The summed E-state index contributed by atoms with van der Waals surface area (Å²) >= 11 is 6.92. The average molecular weight is 272 g/mol. The first-order valence-corrected chi connectivity index (χ1v) is 6.28. The molecule has 1 aliphatic rings. The molecule has 2 rings (SSSR count). The fourth-order valence-corrected chi connectivity index (χ4v) is 2.79. The first kappa shape index (κ1) is 12.3. The van der Waals surface area contributed by atoms with Crippen molar-refractivity contribution in [1.29, 1.82) is 0 Å². The number of hydrogen-bond acceptors (Lipinski definition) is 5. The Bertz CT molecular complexity index is 469. The second-order valence-corrected chi connectivity index (χ2v) is 5.54. The van der Waals surface area contributed by atoms with Crippen LogP contribution >= 0.6 is 23.4 Å². The zero-order valence-electron chi connectivity index (χ0n) is 9.09. The molecule has 0 saturated carbocycles. The lowest BCUT2D eigenvalue weighted by atomic mass is 10.4. The van der Waals surface area contributed by atoms with Crippen LogP contribution in [0.1, 0.15) is 13.3 Å². The zero-order chi connectivity index (χ0) is 12.4. The molecule has 1 aromatic rings. The summed E-state index contributed by atoms with van der Waals surface area (Å²) in [6.07, 6.45) is 1.86. The van der Waals surface area contributed by atoms with Gasteiger partial charge in [-0.15, -0.1) is 5.10 Å². The summed E-state index contributed by atoms with van der Waals surface area (Å²) in [5, 5.41) is 7.60. The Labute approximate surface area is 108 Å². The SMILES string of the molecule is CC(=O)SC1CC(=O)N(c2cnnc(Cl)c2)C1. The molecule has 2 heterocycles. The van der Waals surface area contributed by atoms with Gasteiger partial charge in [-0.2, -0.15) is 5.10 Å². The number of hydrogen-bond donors (Lipinski definition) is 0. The topological polar surface area (TPSA) is 63.2 Å². The van der Waals surface area contributed by atoms with Crippen molar-refractivity contribution in [2.75, 3.05) is 11.4 Å². The van der Waals surface area contributed by atoms with Crippen molar-refractivity contribution in [2.45, 2.75) is 18.6 Å². The van der Waals surface area contributed by atoms with Gasteiger partial charge in [0.15, 0.2) is 10.3 Å². The van der Waals surface area contributed by atoms with Crippen LogP contribution in [0.3, 0.4) is 0 Å². The molecule has 0 spiro atoms. The summed E-state index contributed by atoms with van der Waals surface area (Å²) in [6, 6.07) is 1.59. The predicted molar refractivity (Wildman–Crippen MR) is 66.1 cm³/mol. The Hall–Kier alpha value is -1.14. The van der Waals surface area contributed by atoms with Crippen LogP contribution < -0.4 is 4.90 Å². The molecule has 7 heteroatoms. The Morgan fingerprint density at radius 2 is 2.41 bits per heavy atom. The van der Waals surface area contributed by atoms with E-state index in [4.69, 9.17) is 11.6 Å². The maximum atomic E-state index is 11.8. The van der Waals surface area contributed by atoms with E-state index >= 15 is 0 Å². The molecule has 0 bridgehead atoms. The number of carbonyl (C=O) groups is 2. The highest BCUT2D eigenvalue weighted by molar-refractivity contribution is 8.14. The zero-order valence-corrected chi connectivity index (χ0v) is 10.7. The molecule has 1 aromatic heterocycles. The van der Waals surface area contributed by atoms with Gasteiger partial charge in [0, 0.05) is 31.2 Å². The van der Waals surface area contributed by atoms with Crippen molar-refractivity contribution in [3.05, 3.63) is 17.4 Å². The minimum Gasteiger partial charge on any atom is -0.310 e. The van der Waals surface area contributed by atoms with Crippen molar-refractivity contribution in [3.8, 4) is 0 Å². The van der Waals surface area contributed by atoms with E-state index in [2.05, 4.69) is 10.2 Å². The Morgan fingerprint density at radius 1 is 1.65 bits per heavy atom. The lowest BCUT2D eigenvalue weighted by Crippen LogP contribution is -2.25. The molecule has 0 radical (unpaired) electrons. The monoisotopic (exact) mass is 271 g/mol. The number of aromatic nitrogens is 2. The van der Waals surface area contributed by atoms with Crippen LogP contribution in [0.2, 0.25) is 5.15 Å². The van der Waals surface area contributed by atoms with Crippen LogP contribution in [0, 0.1) is 0 Å². The van der Waals surface area contributed by atoms with Crippen LogP contribution in [-0.2, 0) is 9.59 Å². The van der Waals surface area contributed by atoms with Crippen molar-refractivity contribution < 1.29 is 9.59 Å². The van der Waals surface area contributed by atoms with Gasteiger partial charge >= 0.3 is 0 Å². The molecule has 1 atom stereocenters. The molecule has 17 heavy (non-hydrogen) atoms. The van der Waals surface area contributed by atoms with Crippen LogP contribution in [-0.4, -0.2) is 33.0 Å². The van der Waals surface area contributed by atoms with Crippen molar-refractivity contribution in [2.24, 2.45) is 0 Å². The number of halogens is 1. The van der Waals surface area contributed by atoms with Crippen LogP contribution in [0.4, 0.5) is 5.69 Å². The molecule has 1 unspecified atom stereocenters. The molecule has 0 aliphatic carbocycles. The molecule has 5 nitrogen and oxygen atoms in total. The summed E-state index contributed by atoms with van der Waals surface area (Å²) in [5.41, 5.74) is 0.627. The third kappa shape index (κ3) is 2.95. The van der Waals surface area contributed by atoms with E-state index in [1.807, 2.05) is 0 Å². The highest BCUT2D eigenvalue weighted by atomic mass is 35.5. The highest BCUT2D eigenvalue weighted by Gasteiger charge is 2.32. The van der Waals surface area contributed by atoms with Crippen molar-refractivity contribution in [3.63, 3.8) is 0 Å². The molecule has 1 fully saturated rings. The summed E-state index contributed by atoms with van der Waals surface area (Å²) in [4.78, 5) is 24.4. The molecule has 90 valence electrons. The third-order valence-corrected chi connectivity index (χ3v) is 3.51. The third-order valence-electron chi connectivity index (χ3n) is 2.34. The summed E-state index contributed by atoms with van der Waals surface area (Å²) < 4.78 is 0. The van der Waals surface area contributed by atoms with Gasteiger partial charge in [0.2, 0.25) is 5.91 Å². The second kappa shape index (κ2) is 5.01. The van der Waals surface area contributed by atoms with Crippen LogP contribution in [0.15, 0.2) is 12.3 Å². The van der Waals surface area contributed by atoms with Gasteiger partial charge in [-0.05, 0) is 0 Å². The minimum atomic E-state index is -0.0205. The van der Waals surface area contributed by atoms with Crippen LogP contribution in [0.25, 0.3) is 0 Å². The van der Waals surface area contributed by atoms with E-state index in [1.165, 1.54) is 24.9 Å². The van der Waals surface area contributed by atoms with Crippen molar-refractivity contribution >= 4 is 40.1 Å². The second-order valence-electron chi connectivity index (χ2n) is 3.68. The van der Waals surface area contributed by atoms with Gasteiger partial charge in [0.05, 0.1) is 11.9 Å². The average Bonchev–Trinajstić information content (AvgIpc) is 2.58. The lowest BCUT2D eigenvalue weighted by molar-refractivity contribution is -0.117. The molecule has 1 aliphatic heterocycles. The molecule has 1 amide bonds. The quantitative estimate of drug-likeness (QED) is 0.816. The number of nitrogens with zero attached hydrogens (tertiary/aromatic N) is 3. The standard InChI is InChI=1S/C10H10ClN3O2S/c1-6(15)17-8-3-10(16)14(5-8)7-2-9(11)13-12-4-7/h2,4,8H,3,5H2,1H3. The van der Waals surface area contributed by atoms with Gasteiger partial charge < -0.3 is 4.90 Å². The molecule has 0 aromatic carbocycles. The first-order valence-electron chi connectivity index (χ1n) is 5.02. The molecular weight excluding hydrogens is 262 g/mol. The van der Waals surface area contributed by atoms with Gasteiger partial charge in [-0.3, -0.25) is 9.59 Å². The number of rotatable bonds is 2. The van der Waals surface area contributed by atoms with Gasteiger partial charge in [0.1, 0.15) is 0 Å². The predicted octanol–water partition coefficient (Wildman–Crippen LogP) is 1.51. The highest BCUT2D eigenvalue weighted by Crippen LogP contribution is 2.28. The van der Waals surface area contributed by atoms with Crippen molar-refractivity contribution in [1.82, 2.24) is 10.2 Å². The Kier molecular flexibility index (Phi) is 3.63. The molecular formula is C10H10ClN3O2S. The van der Waals surface area contributed by atoms with Gasteiger partial charge in [0.25, 0.3) is 0 Å². The lowest BCUT2D eigenvalue weighted by Gasteiger charge is -2.15. The van der Waals surface area contributed by atoms with Crippen LogP contribution in [0.5, 0.6) is 0 Å². The minimum absolute atomic E-state index is 0.00643. The Balaban J connectivity index is 2.13. The number of amides is 1. The summed E-state index contributed by atoms with van der Waals surface area (Å²) in [7, 11) is 0. The maximum absolute atomic E-state index is 11.8. The fraction of sp³-hybridized carbons (Fsp3) is 0.400. The van der Waals surface area contributed by atoms with Gasteiger partial charge in [-0.25, -0.2) is 0 Å². The van der Waals surface area contributed by atoms with E-state index < -0.39 is 0 Å². The summed E-state index contributed by atoms with van der Waals surface area (Å²) in [6.45, 7) is 2.01. The number of carbonyl (C=O) groups excluding carboxylic acids is 2. The van der Waals surface area contributed by atoms with E-state index in [0.717, 1.165) is 0 Å². The van der Waals surface area contributed by atoms with E-state index in [-0.39, 0.29) is 21.4 Å². The fourth-order valence-electron chi connectivity index (χ4n) is 1.72. The summed E-state index contributed by atoms with van der Waals surface area (Å²) in [5.74, 6) is -0.0205. The Morgan fingerprint density at radius 3 is 3.06 bits per heavy atom. The largest absolute Gasteiger partial charge is 0.310 e. The normalized spacial score (nSPS) is 19.8. The first-order chi connectivity index (χ1) is 8.06. The molecule has 0 N–H and O–H groups in total. The van der Waals surface area contributed by atoms with E-state index in [0.29, 0.717) is 18.7 Å². The number of anilines is 1. The smallest absolute Gasteiger partial charge is 0.228 e. The van der Waals surface area contributed by atoms with E-state index in [1.54, 1.807) is 11.0 Å². The number of thioether (sulfide) groups is 1. The van der Waals surface area contributed by atoms with E-state index in [9.17, 15) is 9.59 Å².